The van der Waals surface area contributed by atoms with E-state index < -0.39 is 11.6 Å². The smallest absolute Gasteiger partial charge is 0.169 e. The first-order valence-corrected chi connectivity index (χ1v) is 4.67. The van der Waals surface area contributed by atoms with Gasteiger partial charge in [-0.3, -0.25) is 0 Å². The summed E-state index contributed by atoms with van der Waals surface area (Å²) >= 11 is 16.3. The van der Waals surface area contributed by atoms with Gasteiger partial charge in [0.25, 0.3) is 0 Å². The fourth-order valence-electron chi connectivity index (χ4n) is 0.883. The predicted molar refractivity (Wildman–Crippen MR) is 51.1 cm³/mol. The summed E-state index contributed by atoms with van der Waals surface area (Å²) in [6, 6.07) is 3.69. The molecule has 0 heterocycles. The van der Waals surface area contributed by atoms with Crippen LogP contribution in [0.25, 0.3) is 0 Å². The van der Waals surface area contributed by atoms with Crippen LogP contribution in [0.15, 0.2) is 18.2 Å². The van der Waals surface area contributed by atoms with Crippen molar-refractivity contribution >= 4 is 34.8 Å². The number of halogens is 6. The minimum Gasteiger partial charge on any atom is -0.169 e. The Morgan fingerprint density at radius 2 is 1.71 bits per heavy atom. The van der Waals surface area contributed by atoms with Crippen molar-refractivity contribution in [3.05, 3.63) is 33.8 Å². The van der Waals surface area contributed by atoms with Crippen molar-refractivity contribution in [2.24, 2.45) is 0 Å². The third kappa shape index (κ3) is 2.69. The summed E-state index contributed by atoms with van der Waals surface area (Å²) in [7, 11) is 0. The Kier molecular flexibility index (Phi) is 3.56. The molecule has 0 fully saturated rings. The highest BCUT2D eigenvalue weighted by Crippen LogP contribution is 2.41. The van der Waals surface area contributed by atoms with Gasteiger partial charge in [-0.15, -0.1) is 11.6 Å². The van der Waals surface area contributed by atoms with Gasteiger partial charge in [-0.2, -0.15) is 13.2 Å². The Morgan fingerprint density at radius 1 is 1.14 bits per heavy atom. The molecule has 1 aromatic carbocycles. The summed E-state index contributed by atoms with van der Waals surface area (Å²) in [6.45, 7) is 0. The number of hydrogen-bond donors (Lipinski definition) is 0. The number of rotatable bonds is 1. The lowest BCUT2D eigenvalue weighted by Crippen LogP contribution is -2.15. The van der Waals surface area contributed by atoms with Crippen LogP contribution in [-0.4, -0.2) is 6.18 Å². The summed E-state index contributed by atoms with van der Waals surface area (Å²) in [5.41, 5.74) is -0.190. The van der Waals surface area contributed by atoms with Crippen LogP contribution in [0.3, 0.4) is 0 Å². The lowest BCUT2D eigenvalue weighted by atomic mass is 10.1. The van der Waals surface area contributed by atoms with Crippen molar-refractivity contribution in [1.82, 2.24) is 0 Å². The third-order valence-corrected chi connectivity index (χ3v) is 2.57. The van der Waals surface area contributed by atoms with E-state index in [1.165, 1.54) is 12.1 Å². The maximum absolute atomic E-state index is 12.2. The van der Waals surface area contributed by atoms with Crippen LogP contribution in [-0.2, 0) is 0 Å². The quantitative estimate of drug-likeness (QED) is 0.636. The molecule has 1 rings (SSSR count). The molecule has 0 aliphatic carbocycles. The Morgan fingerprint density at radius 3 is 2.14 bits per heavy atom. The van der Waals surface area contributed by atoms with Gasteiger partial charge >= 0.3 is 6.18 Å². The normalized spacial score (nSPS) is 14.1. The van der Waals surface area contributed by atoms with Gasteiger partial charge in [0.1, 0.15) is 0 Å². The van der Waals surface area contributed by atoms with Crippen LogP contribution in [0.5, 0.6) is 0 Å². The number of hydrogen-bond acceptors (Lipinski definition) is 0. The molecule has 0 saturated heterocycles. The van der Waals surface area contributed by atoms with Gasteiger partial charge in [0, 0.05) is 10.0 Å². The van der Waals surface area contributed by atoms with Crippen molar-refractivity contribution in [1.29, 1.82) is 0 Å². The molecule has 78 valence electrons. The zero-order valence-electron chi connectivity index (χ0n) is 6.58. The molecule has 0 nitrogen and oxygen atoms in total. The van der Waals surface area contributed by atoms with Gasteiger partial charge in [0.05, 0.1) is 0 Å². The molecule has 0 spiro atoms. The van der Waals surface area contributed by atoms with Crippen molar-refractivity contribution in [2.45, 2.75) is 11.6 Å². The Balaban J connectivity index is 3.08. The lowest BCUT2D eigenvalue weighted by molar-refractivity contribution is -0.131. The molecule has 0 aliphatic rings. The highest BCUT2D eigenvalue weighted by molar-refractivity contribution is 6.35. The van der Waals surface area contributed by atoms with Crippen LogP contribution < -0.4 is 0 Å². The van der Waals surface area contributed by atoms with E-state index in [4.69, 9.17) is 34.8 Å². The highest BCUT2D eigenvalue weighted by Gasteiger charge is 2.40. The topological polar surface area (TPSA) is 0 Å². The molecule has 0 radical (unpaired) electrons. The van der Waals surface area contributed by atoms with E-state index in [0.29, 0.717) is 0 Å². The van der Waals surface area contributed by atoms with E-state index >= 15 is 0 Å². The van der Waals surface area contributed by atoms with Gasteiger partial charge in [0.15, 0.2) is 5.38 Å². The molecule has 1 atom stereocenters. The Hall–Kier alpha value is -0.120. The summed E-state index contributed by atoms with van der Waals surface area (Å²) in [5.74, 6) is 0. The maximum Gasteiger partial charge on any atom is 0.408 e. The highest BCUT2D eigenvalue weighted by atomic mass is 35.5. The molecule has 0 aliphatic heterocycles. The van der Waals surface area contributed by atoms with E-state index in [2.05, 4.69) is 0 Å². The van der Waals surface area contributed by atoms with Gasteiger partial charge in [-0.1, -0.05) is 29.3 Å². The summed E-state index contributed by atoms with van der Waals surface area (Å²) in [4.78, 5) is 0. The molecule has 1 unspecified atom stereocenters. The molecular formula is C8H4Cl3F3. The van der Waals surface area contributed by atoms with Crippen LogP contribution >= 0.6 is 34.8 Å². The number of benzene rings is 1. The molecule has 0 bridgehead atoms. The van der Waals surface area contributed by atoms with Crippen molar-refractivity contribution < 1.29 is 13.2 Å². The molecule has 0 N–H and O–H groups in total. The van der Waals surface area contributed by atoms with E-state index in [0.717, 1.165) is 6.07 Å². The largest absolute Gasteiger partial charge is 0.408 e. The average Bonchev–Trinajstić information content (AvgIpc) is 2.01. The first-order valence-electron chi connectivity index (χ1n) is 3.48. The van der Waals surface area contributed by atoms with Gasteiger partial charge in [0.2, 0.25) is 0 Å². The van der Waals surface area contributed by atoms with E-state index in [1.807, 2.05) is 0 Å². The first kappa shape index (κ1) is 12.0. The second-order valence-corrected chi connectivity index (χ2v) is 3.85. The number of alkyl halides is 4. The third-order valence-electron chi connectivity index (χ3n) is 1.52. The standard InChI is InChI=1S/C8H4Cl3F3/c9-4-1-2-5(6(10)3-4)7(11)8(12,13)14/h1-3,7H. The van der Waals surface area contributed by atoms with E-state index in [1.54, 1.807) is 0 Å². The molecule has 14 heavy (non-hydrogen) atoms. The molecule has 0 saturated carbocycles. The SMILES string of the molecule is FC(F)(F)C(Cl)c1ccc(Cl)cc1Cl. The molecule has 1 aromatic rings. The summed E-state index contributed by atoms with van der Waals surface area (Å²) in [6.07, 6.45) is -4.51. The van der Waals surface area contributed by atoms with Gasteiger partial charge in [-0.25, -0.2) is 0 Å². The van der Waals surface area contributed by atoms with Crippen molar-refractivity contribution in [3.8, 4) is 0 Å². The van der Waals surface area contributed by atoms with E-state index in [-0.39, 0.29) is 15.6 Å². The molecular weight excluding hydrogens is 259 g/mol. The van der Waals surface area contributed by atoms with Crippen molar-refractivity contribution in [2.75, 3.05) is 0 Å². The Labute approximate surface area is 93.6 Å². The van der Waals surface area contributed by atoms with Crippen LogP contribution in [0.4, 0.5) is 13.2 Å². The van der Waals surface area contributed by atoms with Crippen LogP contribution in [0.1, 0.15) is 10.9 Å². The monoisotopic (exact) mass is 262 g/mol. The summed E-state index contributed by atoms with van der Waals surface area (Å²) < 4.78 is 36.6. The Bertz CT molecular complexity index is 335. The maximum atomic E-state index is 12.2. The zero-order valence-corrected chi connectivity index (χ0v) is 8.84. The van der Waals surface area contributed by atoms with Crippen molar-refractivity contribution in [3.63, 3.8) is 0 Å². The fourth-order valence-corrected chi connectivity index (χ4v) is 1.65. The molecule has 6 heteroatoms. The first-order chi connectivity index (χ1) is 6.32. The molecule has 0 aromatic heterocycles. The van der Waals surface area contributed by atoms with Crippen LogP contribution in [0, 0.1) is 0 Å². The second-order valence-electron chi connectivity index (χ2n) is 2.57. The zero-order chi connectivity index (χ0) is 10.9. The van der Waals surface area contributed by atoms with Gasteiger partial charge in [-0.05, 0) is 17.7 Å². The van der Waals surface area contributed by atoms with E-state index in [9.17, 15) is 13.2 Å². The minimum absolute atomic E-state index is 0.0881. The van der Waals surface area contributed by atoms with Gasteiger partial charge < -0.3 is 0 Å². The fraction of sp³-hybridized carbons (Fsp3) is 0.250. The van der Waals surface area contributed by atoms with Crippen LogP contribution in [0.2, 0.25) is 10.0 Å². The lowest BCUT2D eigenvalue weighted by Gasteiger charge is -2.15. The summed E-state index contributed by atoms with van der Waals surface area (Å²) in [5, 5.41) is -1.92. The second kappa shape index (κ2) is 4.17. The average molecular weight is 263 g/mol. The molecule has 0 amide bonds. The predicted octanol–water partition coefficient (Wildman–Crippen LogP) is 4.84. The minimum atomic E-state index is -4.51.